The standard InChI is InChI=1S/C10H6BrN3O4/c11-8-5-6(1-2-7(8)10(15)16)13-4-3-9(12-13)14(17)18/h1-5H,(H,15,16). The number of hydrogen-bond acceptors (Lipinski definition) is 4. The van der Waals surface area contributed by atoms with Gasteiger partial charge in [-0.3, -0.25) is 0 Å². The number of aromatic nitrogens is 2. The molecule has 0 saturated heterocycles. The Morgan fingerprint density at radius 3 is 2.67 bits per heavy atom. The zero-order chi connectivity index (χ0) is 13.3. The van der Waals surface area contributed by atoms with Crippen LogP contribution in [0.2, 0.25) is 0 Å². The molecule has 2 aromatic rings. The lowest BCUT2D eigenvalue weighted by atomic mass is 10.2. The number of nitro groups is 1. The third kappa shape index (κ3) is 2.23. The maximum atomic E-state index is 10.8. The molecule has 0 radical (unpaired) electrons. The van der Waals surface area contributed by atoms with Crippen LogP contribution in [0.15, 0.2) is 34.9 Å². The third-order valence-corrected chi connectivity index (χ3v) is 2.87. The van der Waals surface area contributed by atoms with Crippen molar-refractivity contribution in [3.05, 3.63) is 50.6 Å². The summed E-state index contributed by atoms with van der Waals surface area (Å²) in [7, 11) is 0. The monoisotopic (exact) mass is 311 g/mol. The highest BCUT2D eigenvalue weighted by molar-refractivity contribution is 9.10. The van der Waals surface area contributed by atoms with Crippen molar-refractivity contribution in [3.8, 4) is 5.69 Å². The zero-order valence-electron chi connectivity index (χ0n) is 8.78. The summed E-state index contributed by atoms with van der Waals surface area (Å²) in [6, 6.07) is 5.71. The lowest BCUT2D eigenvalue weighted by Gasteiger charge is -2.01. The summed E-state index contributed by atoms with van der Waals surface area (Å²) in [5.74, 6) is -1.33. The fraction of sp³-hybridized carbons (Fsp3) is 0. The predicted molar refractivity (Wildman–Crippen MR) is 64.9 cm³/mol. The van der Waals surface area contributed by atoms with E-state index >= 15 is 0 Å². The fourth-order valence-electron chi connectivity index (χ4n) is 1.38. The minimum atomic E-state index is -1.06. The molecule has 0 unspecified atom stereocenters. The van der Waals surface area contributed by atoms with Gasteiger partial charge in [0.2, 0.25) is 0 Å². The summed E-state index contributed by atoms with van der Waals surface area (Å²) in [5, 5.41) is 23.1. The van der Waals surface area contributed by atoms with Crippen LogP contribution in [0.25, 0.3) is 5.69 Å². The smallest absolute Gasteiger partial charge is 0.390 e. The van der Waals surface area contributed by atoms with Crippen LogP contribution in [-0.2, 0) is 0 Å². The predicted octanol–water partition coefficient (Wildman–Crippen LogP) is 2.24. The minimum absolute atomic E-state index is 0.111. The molecule has 1 aromatic heterocycles. The molecule has 8 heteroatoms. The summed E-state index contributed by atoms with van der Waals surface area (Å²) in [5.41, 5.74) is 0.639. The summed E-state index contributed by atoms with van der Waals surface area (Å²) in [6.45, 7) is 0. The van der Waals surface area contributed by atoms with Crippen molar-refractivity contribution < 1.29 is 14.8 Å². The number of aromatic carboxylic acids is 1. The van der Waals surface area contributed by atoms with Crippen LogP contribution < -0.4 is 0 Å². The van der Waals surface area contributed by atoms with Gasteiger partial charge in [0.05, 0.1) is 28.6 Å². The van der Waals surface area contributed by atoms with Crippen molar-refractivity contribution in [1.29, 1.82) is 0 Å². The van der Waals surface area contributed by atoms with Crippen LogP contribution in [0, 0.1) is 10.1 Å². The zero-order valence-corrected chi connectivity index (χ0v) is 10.4. The van der Waals surface area contributed by atoms with Crippen LogP contribution in [0.4, 0.5) is 5.82 Å². The van der Waals surface area contributed by atoms with Gasteiger partial charge >= 0.3 is 11.8 Å². The molecule has 0 amide bonds. The average molecular weight is 312 g/mol. The number of nitrogens with zero attached hydrogens (tertiary/aromatic N) is 3. The van der Waals surface area contributed by atoms with E-state index in [1.807, 2.05) is 0 Å². The molecule has 0 fully saturated rings. The van der Waals surface area contributed by atoms with E-state index in [9.17, 15) is 14.9 Å². The van der Waals surface area contributed by atoms with Gasteiger partial charge in [-0.05, 0) is 39.1 Å². The number of carbonyl (C=O) groups is 1. The van der Waals surface area contributed by atoms with E-state index in [1.54, 1.807) is 0 Å². The van der Waals surface area contributed by atoms with Crippen LogP contribution in [0.5, 0.6) is 0 Å². The van der Waals surface area contributed by atoms with E-state index in [-0.39, 0.29) is 11.4 Å². The molecular weight excluding hydrogens is 306 g/mol. The first kappa shape index (κ1) is 12.2. The topological polar surface area (TPSA) is 98.3 Å². The Morgan fingerprint density at radius 1 is 1.44 bits per heavy atom. The molecule has 1 N–H and O–H groups in total. The van der Waals surface area contributed by atoms with Crippen molar-refractivity contribution in [2.45, 2.75) is 0 Å². The molecule has 0 aliphatic rings. The Labute approximate surface area is 109 Å². The van der Waals surface area contributed by atoms with E-state index in [0.717, 1.165) is 0 Å². The van der Waals surface area contributed by atoms with Gasteiger partial charge in [0.25, 0.3) is 0 Å². The van der Waals surface area contributed by atoms with Crippen LogP contribution in [0.3, 0.4) is 0 Å². The Balaban J connectivity index is 2.42. The van der Waals surface area contributed by atoms with E-state index in [2.05, 4.69) is 21.0 Å². The van der Waals surface area contributed by atoms with Crippen LogP contribution >= 0.6 is 15.9 Å². The quantitative estimate of drug-likeness (QED) is 0.692. The van der Waals surface area contributed by atoms with Crippen molar-refractivity contribution in [3.63, 3.8) is 0 Å². The molecule has 1 heterocycles. The van der Waals surface area contributed by atoms with Crippen molar-refractivity contribution in [2.24, 2.45) is 0 Å². The molecule has 0 aliphatic heterocycles. The van der Waals surface area contributed by atoms with Gasteiger partial charge in [0, 0.05) is 4.47 Å². The molecule has 0 spiro atoms. The van der Waals surface area contributed by atoms with Gasteiger partial charge in [0.15, 0.2) is 0 Å². The van der Waals surface area contributed by atoms with Crippen molar-refractivity contribution in [2.75, 3.05) is 0 Å². The number of carboxylic acids is 1. The summed E-state index contributed by atoms with van der Waals surface area (Å²) < 4.78 is 1.68. The highest BCUT2D eigenvalue weighted by Gasteiger charge is 2.14. The van der Waals surface area contributed by atoms with Gasteiger partial charge in [0.1, 0.15) is 0 Å². The second kappa shape index (κ2) is 4.57. The molecule has 18 heavy (non-hydrogen) atoms. The molecule has 7 nitrogen and oxygen atoms in total. The van der Waals surface area contributed by atoms with Gasteiger partial charge in [-0.25, -0.2) is 4.79 Å². The molecular formula is C10H6BrN3O4. The van der Waals surface area contributed by atoms with Gasteiger partial charge in [-0.1, -0.05) is 0 Å². The Kier molecular flexibility index (Phi) is 3.11. The van der Waals surface area contributed by atoms with Crippen molar-refractivity contribution in [1.82, 2.24) is 9.78 Å². The number of rotatable bonds is 3. The van der Waals surface area contributed by atoms with Crippen LogP contribution in [-0.4, -0.2) is 25.8 Å². The maximum absolute atomic E-state index is 10.8. The number of halogens is 1. The van der Waals surface area contributed by atoms with E-state index in [0.29, 0.717) is 10.2 Å². The Hall–Kier alpha value is -2.22. The number of benzene rings is 1. The van der Waals surface area contributed by atoms with E-state index < -0.39 is 10.9 Å². The summed E-state index contributed by atoms with van der Waals surface area (Å²) in [4.78, 5) is 20.7. The Bertz CT molecular complexity index is 638. The second-order valence-electron chi connectivity index (χ2n) is 3.34. The molecule has 0 saturated carbocycles. The number of carboxylic acid groups (broad SMARTS) is 1. The lowest BCUT2D eigenvalue weighted by molar-refractivity contribution is -0.389. The first-order valence-electron chi connectivity index (χ1n) is 4.72. The first-order chi connectivity index (χ1) is 8.49. The lowest BCUT2D eigenvalue weighted by Crippen LogP contribution is -2.01. The molecule has 92 valence electrons. The molecule has 1 aromatic carbocycles. The van der Waals surface area contributed by atoms with E-state index in [1.165, 1.54) is 35.1 Å². The molecule has 2 rings (SSSR count). The third-order valence-electron chi connectivity index (χ3n) is 2.21. The highest BCUT2D eigenvalue weighted by atomic mass is 79.9. The van der Waals surface area contributed by atoms with Crippen molar-refractivity contribution >= 4 is 27.7 Å². The normalized spacial score (nSPS) is 10.3. The largest absolute Gasteiger partial charge is 0.478 e. The maximum Gasteiger partial charge on any atom is 0.390 e. The van der Waals surface area contributed by atoms with Gasteiger partial charge in [-0.2, -0.15) is 0 Å². The first-order valence-corrected chi connectivity index (χ1v) is 5.51. The molecule has 0 atom stereocenters. The van der Waals surface area contributed by atoms with Crippen LogP contribution in [0.1, 0.15) is 10.4 Å². The summed E-state index contributed by atoms with van der Waals surface area (Å²) in [6.07, 6.45) is 1.43. The van der Waals surface area contributed by atoms with Gasteiger partial charge in [-0.15, -0.1) is 4.68 Å². The highest BCUT2D eigenvalue weighted by Crippen LogP contribution is 2.21. The molecule has 0 aliphatic carbocycles. The summed E-state index contributed by atoms with van der Waals surface area (Å²) >= 11 is 3.12. The number of hydrogen-bond donors (Lipinski definition) is 1. The van der Waals surface area contributed by atoms with Gasteiger partial charge < -0.3 is 15.2 Å². The molecule has 0 bridgehead atoms. The Morgan fingerprint density at radius 2 is 2.17 bits per heavy atom. The second-order valence-corrected chi connectivity index (χ2v) is 4.20. The van der Waals surface area contributed by atoms with E-state index in [4.69, 9.17) is 5.11 Å². The average Bonchev–Trinajstić information content (AvgIpc) is 2.77. The SMILES string of the molecule is O=C(O)c1ccc(-n2ccc([N+](=O)[O-])n2)cc1Br. The fourth-order valence-corrected chi connectivity index (χ4v) is 1.91. The minimum Gasteiger partial charge on any atom is -0.478 e.